The van der Waals surface area contributed by atoms with Crippen LogP contribution in [0, 0.1) is 0 Å². The molecule has 0 bridgehead atoms. The van der Waals surface area contributed by atoms with Crippen LogP contribution >= 0.6 is 11.6 Å². The van der Waals surface area contributed by atoms with E-state index in [1.807, 2.05) is 24.3 Å². The summed E-state index contributed by atoms with van der Waals surface area (Å²) in [5.74, 6) is 0.0509. The molecule has 1 amide bonds. The van der Waals surface area contributed by atoms with E-state index in [0.717, 1.165) is 18.4 Å². The van der Waals surface area contributed by atoms with Crippen molar-refractivity contribution in [3.05, 3.63) is 34.9 Å². The lowest BCUT2D eigenvalue weighted by Crippen LogP contribution is -2.41. The number of halogens is 1. The fourth-order valence-electron chi connectivity index (χ4n) is 2.53. The molecule has 1 aliphatic carbocycles. The number of amides is 1. The number of aliphatic hydroxyl groups is 1. The Morgan fingerprint density at radius 3 is 2.55 bits per heavy atom. The number of likely N-dealkylation sites (N-methyl/N-ethyl adjacent to an activating group) is 1. The molecule has 110 valence electrons. The van der Waals surface area contributed by atoms with Crippen LogP contribution < -0.4 is 0 Å². The maximum Gasteiger partial charge on any atom is 0.233 e. The number of hydrogen-bond acceptors (Lipinski definition) is 3. The van der Waals surface area contributed by atoms with Crippen molar-refractivity contribution in [3.8, 4) is 0 Å². The number of aliphatic hydroxyl groups excluding tert-OH is 1. The van der Waals surface area contributed by atoms with E-state index in [9.17, 15) is 9.90 Å². The van der Waals surface area contributed by atoms with Crippen molar-refractivity contribution < 1.29 is 14.6 Å². The molecule has 1 aromatic rings. The first-order chi connectivity index (χ1) is 9.49. The van der Waals surface area contributed by atoms with Crippen molar-refractivity contribution in [3.63, 3.8) is 0 Å². The van der Waals surface area contributed by atoms with Crippen molar-refractivity contribution in [1.82, 2.24) is 4.90 Å². The number of rotatable bonds is 6. The topological polar surface area (TPSA) is 49.8 Å². The number of carbonyl (C=O) groups is 1. The van der Waals surface area contributed by atoms with Crippen LogP contribution in [0.25, 0.3) is 0 Å². The van der Waals surface area contributed by atoms with Gasteiger partial charge in [0.2, 0.25) is 5.91 Å². The largest absolute Gasteiger partial charge is 0.389 e. The van der Waals surface area contributed by atoms with E-state index < -0.39 is 11.5 Å². The van der Waals surface area contributed by atoms with Crippen LogP contribution in [0.2, 0.25) is 5.02 Å². The van der Waals surface area contributed by atoms with Gasteiger partial charge in [-0.05, 0) is 30.5 Å². The van der Waals surface area contributed by atoms with Crippen molar-refractivity contribution >= 4 is 17.5 Å². The summed E-state index contributed by atoms with van der Waals surface area (Å²) < 4.78 is 4.88. The van der Waals surface area contributed by atoms with Crippen LogP contribution in [0.5, 0.6) is 0 Å². The fourth-order valence-corrected chi connectivity index (χ4v) is 2.66. The van der Waals surface area contributed by atoms with Gasteiger partial charge < -0.3 is 14.7 Å². The second-order valence-electron chi connectivity index (χ2n) is 5.38. The predicted molar refractivity (Wildman–Crippen MR) is 77.9 cm³/mol. The molecule has 5 heteroatoms. The zero-order chi connectivity index (χ0) is 14.8. The smallest absolute Gasteiger partial charge is 0.233 e. The highest BCUT2D eigenvalue weighted by Crippen LogP contribution is 2.49. The van der Waals surface area contributed by atoms with Crippen LogP contribution in [0.15, 0.2) is 24.3 Å². The molecule has 1 fully saturated rings. The Morgan fingerprint density at radius 2 is 2.05 bits per heavy atom. The van der Waals surface area contributed by atoms with E-state index >= 15 is 0 Å². The lowest BCUT2D eigenvalue weighted by molar-refractivity contribution is -0.134. The third-order valence-corrected chi connectivity index (χ3v) is 4.00. The fraction of sp³-hybridized carbons (Fsp3) is 0.533. The highest BCUT2D eigenvalue weighted by Gasteiger charge is 2.52. The van der Waals surface area contributed by atoms with Crippen molar-refractivity contribution in [2.75, 3.05) is 27.3 Å². The maximum atomic E-state index is 12.6. The van der Waals surface area contributed by atoms with Gasteiger partial charge in [0.25, 0.3) is 0 Å². The van der Waals surface area contributed by atoms with Crippen LogP contribution in [-0.4, -0.2) is 49.3 Å². The van der Waals surface area contributed by atoms with E-state index in [-0.39, 0.29) is 19.1 Å². The maximum absolute atomic E-state index is 12.6. The first kappa shape index (κ1) is 15.3. The molecule has 0 saturated heterocycles. The summed E-state index contributed by atoms with van der Waals surface area (Å²) in [6, 6.07) is 7.44. The van der Waals surface area contributed by atoms with Gasteiger partial charge in [0.1, 0.15) is 0 Å². The molecule has 2 rings (SSSR count). The number of benzene rings is 1. The minimum absolute atomic E-state index is 0.0509. The Labute approximate surface area is 124 Å². The Hall–Kier alpha value is -1.10. The standard InChI is InChI=1S/C15H20ClNO3/c1-17(9-13(18)10-20-2)14(19)15(7-8-15)11-3-5-12(16)6-4-11/h3-6,13,18H,7-10H2,1-2H3. The number of carbonyl (C=O) groups excluding carboxylic acids is 1. The molecule has 0 spiro atoms. The van der Waals surface area contributed by atoms with E-state index in [4.69, 9.17) is 16.3 Å². The van der Waals surface area contributed by atoms with Crippen molar-refractivity contribution in [1.29, 1.82) is 0 Å². The quantitative estimate of drug-likeness (QED) is 0.871. The minimum Gasteiger partial charge on any atom is -0.389 e. The molecule has 1 atom stereocenters. The van der Waals surface area contributed by atoms with Crippen molar-refractivity contribution in [2.45, 2.75) is 24.4 Å². The molecule has 0 aromatic heterocycles. The highest BCUT2D eigenvalue weighted by molar-refractivity contribution is 6.30. The van der Waals surface area contributed by atoms with Crippen molar-refractivity contribution in [2.24, 2.45) is 0 Å². The second-order valence-corrected chi connectivity index (χ2v) is 5.82. The van der Waals surface area contributed by atoms with Gasteiger partial charge in [-0.3, -0.25) is 4.79 Å². The van der Waals surface area contributed by atoms with Gasteiger partial charge in [0, 0.05) is 25.7 Å². The monoisotopic (exact) mass is 297 g/mol. The molecule has 0 heterocycles. The Bertz CT molecular complexity index is 471. The third-order valence-electron chi connectivity index (χ3n) is 3.75. The summed E-state index contributed by atoms with van der Waals surface area (Å²) in [5, 5.41) is 10.4. The summed E-state index contributed by atoms with van der Waals surface area (Å²) in [7, 11) is 3.25. The molecule has 20 heavy (non-hydrogen) atoms. The molecule has 1 N–H and O–H groups in total. The highest BCUT2D eigenvalue weighted by atomic mass is 35.5. The summed E-state index contributed by atoms with van der Waals surface area (Å²) in [4.78, 5) is 14.2. The minimum atomic E-state index is -0.657. The zero-order valence-electron chi connectivity index (χ0n) is 11.8. The number of methoxy groups -OCH3 is 1. The third kappa shape index (κ3) is 3.14. The van der Waals surface area contributed by atoms with Gasteiger partial charge in [0.15, 0.2) is 0 Å². The summed E-state index contributed by atoms with van der Waals surface area (Å²) in [5.41, 5.74) is 0.576. The molecule has 1 aliphatic rings. The van der Waals surface area contributed by atoms with Gasteiger partial charge in [-0.15, -0.1) is 0 Å². The molecular formula is C15H20ClNO3. The predicted octanol–water partition coefficient (Wildman–Crippen LogP) is 1.84. The lowest BCUT2D eigenvalue weighted by Gasteiger charge is -2.25. The Kier molecular flexibility index (Phi) is 4.68. The number of nitrogens with zero attached hydrogens (tertiary/aromatic N) is 1. The molecule has 1 unspecified atom stereocenters. The first-order valence-electron chi connectivity index (χ1n) is 6.68. The first-order valence-corrected chi connectivity index (χ1v) is 7.06. The van der Waals surface area contributed by atoms with Crippen LogP contribution in [-0.2, 0) is 14.9 Å². The van der Waals surface area contributed by atoms with E-state index in [0.29, 0.717) is 5.02 Å². The second kappa shape index (κ2) is 6.12. The van der Waals surface area contributed by atoms with E-state index in [1.165, 1.54) is 7.11 Å². The average Bonchev–Trinajstić information content (AvgIpc) is 3.20. The zero-order valence-corrected chi connectivity index (χ0v) is 12.6. The molecule has 1 saturated carbocycles. The van der Waals surface area contributed by atoms with Crippen LogP contribution in [0.4, 0.5) is 0 Å². The average molecular weight is 298 g/mol. The molecular weight excluding hydrogens is 278 g/mol. The van der Waals surface area contributed by atoms with Gasteiger partial charge in [-0.2, -0.15) is 0 Å². The van der Waals surface area contributed by atoms with Gasteiger partial charge >= 0.3 is 0 Å². The summed E-state index contributed by atoms with van der Waals surface area (Å²) in [6.07, 6.45) is 1.03. The molecule has 0 aliphatic heterocycles. The number of ether oxygens (including phenoxy) is 1. The summed E-state index contributed by atoms with van der Waals surface area (Å²) >= 11 is 5.89. The lowest BCUT2D eigenvalue weighted by atomic mass is 9.94. The van der Waals surface area contributed by atoms with Crippen LogP contribution in [0.1, 0.15) is 18.4 Å². The SMILES string of the molecule is COCC(O)CN(C)C(=O)C1(c2ccc(Cl)cc2)CC1. The molecule has 0 radical (unpaired) electrons. The normalized spacial score (nSPS) is 17.6. The van der Waals surface area contributed by atoms with Gasteiger partial charge in [-0.25, -0.2) is 0 Å². The number of hydrogen-bond donors (Lipinski definition) is 1. The molecule has 1 aromatic carbocycles. The van der Waals surface area contributed by atoms with Gasteiger partial charge in [0.05, 0.1) is 18.1 Å². The Morgan fingerprint density at radius 1 is 1.45 bits per heavy atom. The van der Waals surface area contributed by atoms with Crippen LogP contribution in [0.3, 0.4) is 0 Å². The van der Waals surface area contributed by atoms with E-state index in [1.54, 1.807) is 11.9 Å². The summed E-state index contributed by atoms with van der Waals surface area (Å²) in [6.45, 7) is 0.508. The molecule has 4 nitrogen and oxygen atoms in total. The van der Waals surface area contributed by atoms with E-state index in [2.05, 4.69) is 0 Å². The van der Waals surface area contributed by atoms with Gasteiger partial charge in [-0.1, -0.05) is 23.7 Å². The Balaban J connectivity index is 2.06.